The molecule has 3 heteroatoms. The molecule has 3 rings (SSSR count). The SMILES string of the molecule is CCCCCCCc1ccc(-c2cnc(CC[C@H]3CC[C@H](CCCCC)CC3)nc2F)cc1. The molecule has 1 aromatic carbocycles. The zero-order chi connectivity index (χ0) is 23.3. The summed E-state index contributed by atoms with van der Waals surface area (Å²) in [5.41, 5.74) is 2.71. The molecule has 0 spiro atoms. The normalized spacial score (nSPS) is 18.5. The Bertz CT molecular complexity index is 793. The molecule has 0 saturated heterocycles. The molecular weight excluding hydrogens is 407 g/mol. The van der Waals surface area contributed by atoms with Crippen LogP contribution in [0.15, 0.2) is 30.5 Å². The lowest BCUT2D eigenvalue weighted by atomic mass is 9.78. The number of hydrogen-bond acceptors (Lipinski definition) is 2. The Morgan fingerprint density at radius 2 is 1.39 bits per heavy atom. The van der Waals surface area contributed by atoms with E-state index in [0.717, 1.165) is 36.7 Å². The van der Waals surface area contributed by atoms with Crippen LogP contribution in [0, 0.1) is 17.8 Å². The van der Waals surface area contributed by atoms with Gasteiger partial charge in [0.1, 0.15) is 5.82 Å². The largest absolute Gasteiger partial charge is 0.241 e. The van der Waals surface area contributed by atoms with Crippen LogP contribution in [0.2, 0.25) is 0 Å². The third kappa shape index (κ3) is 8.83. The van der Waals surface area contributed by atoms with Gasteiger partial charge in [-0.25, -0.2) is 9.97 Å². The van der Waals surface area contributed by atoms with E-state index in [9.17, 15) is 4.39 Å². The lowest BCUT2D eigenvalue weighted by Gasteiger charge is -2.28. The number of rotatable bonds is 14. The van der Waals surface area contributed by atoms with Gasteiger partial charge in [-0.15, -0.1) is 0 Å². The predicted octanol–water partition coefficient (Wildman–Crippen LogP) is 9.11. The van der Waals surface area contributed by atoms with E-state index in [1.165, 1.54) is 89.0 Å². The van der Waals surface area contributed by atoms with Crippen molar-refractivity contribution in [2.45, 2.75) is 117 Å². The zero-order valence-corrected chi connectivity index (χ0v) is 21.1. The average molecular weight is 453 g/mol. The molecular formula is C30H45FN2. The first-order valence-corrected chi connectivity index (χ1v) is 13.8. The van der Waals surface area contributed by atoms with Gasteiger partial charge in [0.25, 0.3) is 0 Å². The number of nitrogens with zero attached hydrogens (tertiary/aromatic N) is 2. The van der Waals surface area contributed by atoms with Gasteiger partial charge in [0.15, 0.2) is 0 Å². The molecule has 2 aromatic rings. The maximum Gasteiger partial charge on any atom is 0.224 e. The molecule has 0 atom stereocenters. The van der Waals surface area contributed by atoms with Crippen LogP contribution >= 0.6 is 0 Å². The third-order valence-electron chi connectivity index (χ3n) is 7.58. The summed E-state index contributed by atoms with van der Waals surface area (Å²) in [6.07, 6.45) is 22.0. The standard InChI is InChI=1S/C30H45FN2/c1-3-5-7-8-10-12-25-17-20-27(21-18-25)28-23-32-29(33-30(28)31)22-19-26-15-13-24(14-16-26)11-9-6-4-2/h17-18,20-21,23-24,26H,3-16,19,22H2,1-2H3/t24-,26-. The Kier molecular flexibility index (Phi) is 11.3. The summed E-state index contributed by atoms with van der Waals surface area (Å²) in [7, 11) is 0. The van der Waals surface area contributed by atoms with Gasteiger partial charge in [-0.2, -0.15) is 4.39 Å². The van der Waals surface area contributed by atoms with Crippen LogP contribution in [-0.4, -0.2) is 9.97 Å². The summed E-state index contributed by atoms with van der Waals surface area (Å²) in [4.78, 5) is 8.74. The lowest BCUT2D eigenvalue weighted by Crippen LogP contribution is -2.15. The minimum absolute atomic E-state index is 0.382. The molecule has 2 nitrogen and oxygen atoms in total. The summed E-state index contributed by atoms with van der Waals surface area (Å²) in [6, 6.07) is 8.28. The second-order valence-corrected chi connectivity index (χ2v) is 10.3. The highest BCUT2D eigenvalue weighted by Crippen LogP contribution is 2.34. The minimum Gasteiger partial charge on any atom is -0.241 e. The van der Waals surface area contributed by atoms with Crippen molar-refractivity contribution in [2.24, 2.45) is 11.8 Å². The second kappa shape index (κ2) is 14.5. The number of aromatic nitrogens is 2. The predicted molar refractivity (Wildman–Crippen MR) is 138 cm³/mol. The van der Waals surface area contributed by atoms with E-state index in [-0.39, 0.29) is 5.95 Å². The van der Waals surface area contributed by atoms with Crippen LogP contribution in [0.1, 0.15) is 115 Å². The van der Waals surface area contributed by atoms with Crippen LogP contribution in [0.25, 0.3) is 11.1 Å². The topological polar surface area (TPSA) is 25.8 Å². The maximum atomic E-state index is 14.8. The van der Waals surface area contributed by atoms with Crippen molar-refractivity contribution >= 4 is 0 Å². The molecule has 0 N–H and O–H groups in total. The smallest absolute Gasteiger partial charge is 0.224 e. The molecule has 1 heterocycles. The van der Waals surface area contributed by atoms with Crippen molar-refractivity contribution < 1.29 is 4.39 Å². The first-order chi connectivity index (χ1) is 16.2. The summed E-state index contributed by atoms with van der Waals surface area (Å²) < 4.78 is 14.8. The van der Waals surface area contributed by atoms with Crippen LogP contribution in [-0.2, 0) is 12.8 Å². The second-order valence-electron chi connectivity index (χ2n) is 10.3. The highest BCUT2D eigenvalue weighted by molar-refractivity contribution is 5.62. The molecule has 1 aliphatic carbocycles. The molecule has 182 valence electrons. The van der Waals surface area contributed by atoms with Gasteiger partial charge in [-0.05, 0) is 42.2 Å². The van der Waals surface area contributed by atoms with Crippen LogP contribution in [0.5, 0.6) is 0 Å². The van der Waals surface area contributed by atoms with Crippen molar-refractivity contribution in [2.75, 3.05) is 0 Å². The molecule has 1 aliphatic rings. The fourth-order valence-electron chi connectivity index (χ4n) is 5.32. The molecule has 1 fully saturated rings. The van der Waals surface area contributed by atoms with Crippen molar-refractivity contribution in [3.63, 3.8) is 0 Å². The number of halogens is 1. The van der Waals surface area contributed by atoms with Gasteiger partial charge in [0, 0.05) is 12.6 Å². The van der Waals surface area contributed by atoms with Gasteiger partial charge in [0.05, 0.1) is 5.56 Å². The number of aryl methyl sites for hydroxylation is 2. The number of unbranched alkanes of at least 4 members (excludes halogenated alkanes) is 6. The molecule has 0 radical (unpaired) electrons. The maximum absolute atomic E-state index is 14.8. The summed E-state index contributed by atoms with van der Waals surface area (Å²) in [5, 5.41) is 0. The van der Waals surface area contributed by atoms with E-state index in [4.69, 9.17) is 0 Å². The molecule has 0 amide bonds. The fourth-order valence-corrected chi connectivity index (χ4v) is 5.32. The molecule has 0 unspecified atom stereocenters. The Balaban J connectivity index is 1.43. The minimum atomic E-state index is -0.382. The van der Waals surface area contributed by atoms with Crippen LogP contribution < -0.4 is 0 Å². The van der Waals surface area contributed by atoms with Gasteiger partial charge in [-0.3, -0.25) is 0 Å². The summed E-state index contributed by atoms with van der Waals surface area (Å²) >= 11 is 0. The Morgan fingerprint density at radius 1 is 0.758 bits per heavy atom. The van der Waals surface area contributed by atoms with Gasteiger partial charge >= 0.3 is 0 Å². The van der Waals surface area contributed by atoms with Crippen molar-refractivity contribution in [1.82, 2.24) is 9.97 Å². The average Bonchev–Trinajstić information content (AvgIpc) is 2.84. The van der Waals surface area contributed by atoms with Gasteiger partial charge in [-0.1, -0.05) is 115 Å². The van der Waals surface area contributed by atoms with E-state index >= 15 is 0 Å². The quantitative estimate of drug-likeness (QED) is 0.211. The van der Waals surface area contributed by atoms with Crippen LogP contribution in [0.4, 0.5) is 4.39 Å². The Labute approximate surface area is 201 Å². The van der Waals surface area contributed by atoms with E-state index in [1.54, 1.807) is 6.20 Å². The van der Waals surface area contributed by atoms with E-state index in [2.05, 4.69) is 35.9 Å². The highest BCUT2D eigenvalue weighted by atomic mass is 19.1. The first-order valence-electron chi connectivity index (χ1n) is 13.8. The molecule has 0 bridgehead atoms. The Morgan fingerprint density at radius 3 is 2.06 bits per heavy atom. The van der Waals surface area contributed by atoms with E-state index in [1.807, 2.05) is 12.1 Å². The lowest BCUT2D eigenvalue weighted by molar-refractivity contribution is 0.248. The van der Waals surface area contributed by atoms with Crippen LogP contribution in [0.3, 0.4) is 0 Å². The Hall–Kier alpha value is -1.77. The summed E-state index contributed by atoms with van der Waals surface area (Å²) in [5.74, 6) is 1.97. The summed E-state index contributed by atoms with van der Waals surface area (Å²) in [6.45, 7) is 4.52. The molecule has 0 aliphatic heterocycles. The van der Waals surface area contributed by atoms with E-state index in [0.29, 0.717) is 11.4 Å². The van der Waals surface area contributed by atoms with Crippen molar-refractivity contribution in [3.05, 3.63) is 47.8 Å². The third-order valence-corrected chi connectivity index (χ3v) is 7.58. The monoisotopic (exact) mass is 452 g/mol. The highest BCUT2D eigenvalue weighted by Gasteiger charge is 2.21. The van der Waals surface area contributed by atoms with Crippen molar-refractivity contribution in [1.29, 1.82) is 0 Å². The van der Waals surface area contributed by atoms with Gasteiger partial charge in [0.2, 0.25) is 5.95 Å². The number of hydrogen-bond donors (Lipinski definition) is 0. The molecule has 1 aromatic heterocycles. The molecule has 1 saturated carbocycles. The number of benzene rings is 1. The van der Waals surface area contributed by atoms with E-state index < -0.39 is 0 Å². The van der Waals surface area contributed by atoms with Crippen molar-refractivity contribution in [3.8, 4) is 11.1 Å². The molecule has 33 heavy (non-hydrogen) atoms. The van der Waals surface area contributed by atoms with Gasteiger partial charge < -0.3 is 0 Å². The zero-order valence-electron chi connectivity index (χ0n) is 21.1. The first kappa shape index (κ1) is 25.8. The fraction of sp³-hybridized carbons (Fsp3) is 0.667.